The zero-order chi connectivity index (χ0) is 17.3. The first-order chi connectivity index (χ1) is 10.8. The molecule has 0 saturated carbocycles. The van der Waals surface area contributed by atoms with Crippen LogP contribution in [0.25, 0.3) is 0 Å². The van der Waals surface area contributed by atoms with Crippen LogP contribution in [0, 0.1) is 0 Å². The van der Waals surface area contributed by atoms with Crippen LogP contribution in [0.4, 0.5) is 0 Å². The summed E-state index contributed by atoms with van der Waals surface area (Å²) in [6.45, 7) is -1.19. The standard InChI is InChI=1S/C12H23NO10/c13-5-3(1-14)21-11(9(19)7(5)17)23-12-10(20)8(18)6(16)4(2-15)22-12/h3-12,14-20H,1-2,13H2. The van der Waals surface area contributed by atoms with Crippen LogP contribution in [-0.4, -0.2) is 110 Å². The van der Waals surface area contributed by atoms with Gasteiger partial charge in [-0.1, -0.05) is 0 Å². The van der Waals surface area contributed by atoms with Crippen LogP contribution < -0.4 is 5.73 Å². The van der Waals surface area contributed by atoms with Crippen molar-refractivity contribution in [2.45, 2.75) is 61.3 Å². The lowest BCUT2D eigenvalue weighted by molar-refractivity contribution is -0.369. The third-order valence-electron chi connectivity index (χ3n) is 4.06. The largest absolute Gasteiger partial charge is 0.394 e. The van der Waals surface area contributed by atoms with E-state index in [4.69, 9.17) is 30.2 Å². The Labute approximate surface area is 131 Å². The molecule has 2 aliphatic heterocycles. The smallest absolute Gasteiger partial charge is 0.189 e. The Balaban J connectivity index is 2.07. The molecule has 0 aromatic carbocycles. The maximum Gasteiger partial charge on any atom is 0.189 e. The highest BCUT2D eigenvalue weighted by Gasteiger charge is 2.49. The first-order valence-corrected chi connectivity index (χ1v) is 7.15. The van der Waals surface area contributed by atoms with Crippen molar-refractivity contribution in [3.63, 3.8) is 0 Å². The van der Waals surface area contributed by atoms with Gasteiger partial charge in [-0.25, -0.2) is 0 Å². The molecule has 9 N–H and O–H groups in total. The molecule has 0 radical (unpaired) electrons. The van der Waals surface area contributed by atoms with E-state index in [2.05, 4.69) is 0 Å². The van der Waals surface area contributed by atoms with Gasteiger partial charge in [0.15, 0.2) is 12.6 Å². The molecule has 2 heterocycles. The van der Waals surface area contributed by atoms with Gasteiger partial charge in [-0.05, 0) is 0 Å². The van der Waals surface area contributed by atoms with E-state index in [1.165, 1.54) is 0 Å². The second-order valence-electron chi connectivity index (χ2n) is 5.62. The maximum atomic E-state index is 9.92. The fraction of sp³-hybridized carbons (Fsp3) is 1.00. The van der Waals surface area contributed by atoms with Gasteiger partial charge in [0.05, 0.1) is 19.3 Å². The lowest BCUT2D eigenvalue weighted by Gasteiger charge is -2.44. The molecule has 23 heavy (non-hydrogen) atoms. The van der Waals surface area contributed by atoms with Gasteiger partial charge < -0.3 is 55.7 Å². The van der Waals surface area contributed by atoms with E-state index in [-0.39, 0.29) is 0 Å². The van der Waals surface area contributed by atoms with Crippen LogP contribution in [0.1, 0.15) is 0 Å². The molecule has 2 fully saturated rings. The van der Waals surface area contributed by atoms with Gasteiger partial charge in [0.25, 0.3) is 0 Å². The molecule has 136 valence electrons. The number of aliphatic hydroxyl groups excluding tert-OH is 7. The normalized spacial score (nSPS) is 51.7. The van der Waals surface area contributed by atoms with Crippen LogP contribution in [0.5, 0.6) is 0 Å². The Bertz CT molecular complexity index is 349. The minimum Gasteiger partial charge on any atom is -0.394 e. The average Bonchev–Trinajstić information content (AvgIpc) is 2.55. The zero-order valence-electron chi connectivity index (χ0n) is 12.1. The van der Waals surface area contributed by atoms with Crippen molar-refractivity contribution in [2.24, 2.45) is 5.73 Å². The second kappa shape index (κ2) is 7.63. The Kier molecular flexibility index (Phi) is 6.27. The summed E-state index contributed by atoms with van der Waals surface area (Å²) in [6, 6.07) is -1.05. The van der Waals surface area contributed by atoms with E-state index in [9.17, 15) is 25.5 Å². The molecule has 10 atom stereocenters. The fourth-order valence-electron chi connectivity index (χ4n) is 2.54. The Hall–Kier alpha value is -0.440. The van der Waals surface area contributed by atoms with Gasteiger partial charge in [0.2, 0.25) is 0 Å². The van der Waals surface area contributed by atoms with E-state index in [0.29, 0.717) is 0 Å². The molecule has 0 aliphatic carbocycles. The predicted octanol–water partition coefficient (Wildman–Crippen LogP) is -5.43. The third-order valence-corrected chi connectivity index (χ3v) is 4.06. The molecule has 0 aromatic heterocycles. The monoisotopic (exact) mass is 341 g/mol. The zero-order valence-corrected chi connectivity index (χ0v) is 12.1. The van der Waals surface area contributed by atoms with E-state index >= 15 is 0 Å². The van der Waals surface area contributed by atoms with Gasteiger partial charge >= 0.3 is 0 Å². The summed E-state index contributed by atoms with van der Waals surface area (Å²) < 4.78 is 15.5. The van der Waals surface area contributed by atoms with Crippen molar-refractivity contribution in [3.8, 4) is 0 Å². The number of hydrogen-bond donors (Lipinski definition) is 8. The fourth-order valence-corrected chi connectivity index (χ4v) is 2.54. The van der Waals surface area contributed by atoms with Crippen LogP contribution in [0.3, 0.4) is 0 Å². The Morgan fingerprint density at radius 1 is 0.696 bits per heavy atom. The molecule has 10 unspecified atom stereocenters. The summed E-state index contributed by atoms with van der Waals surface area (Å²) in [4.78, 5) is 0. The van der Waals surface area contributed by atoms with Gasteiger partial charge in [-0.2, -0.15) is 0 Å². The highest BCUT2D eigenvalue weighted by atomic mass is 16.8. The van der Waals surface area contributed by atoms with Crippen LogP contribution in [-0.2, 0) is 14.2 Å². The minimum absolute atomic E-state index is 0.542. The van der Waals surface area contributed by atoms with Gasteiger partial charge in [-0.15, -0.1) is 0 Å². The van der Waals surface area contributed by atoms with Crippen molar-refractivity contribution in [2.75, 3.05) is 13.2 Å². The molecule has 2 saturated heterocycles. The van der Waals surface area contributed by atoms with E-state index in [1.54, 1.807) is 0 Å². The summed E-state index contributed by atoms with van der Waals surface area (Å²) in [5, 5.41) is 67.2. The van der Waals surface area contributed by atoms with Crippen molar-refractivity contribution in [3.05, 3.63) is 0 Å². The molecule has 0 spiro atoms. The number of nitrogens with two attached hydrogens (primary N) is 1. The van der Waals surface area contributed by atoms with Crippen molar-refractivity contribution >= 4 is 0 Å². The van der Waals surface area contributed by atoms with Crippen molar-refractivity contribution in [1.29, 1.82) is 0 Å². The van der Waals surface area contributed by atoms with E-state index in [1.807, 2.05) is 0 Å². The first-order valence-electron chi connectivity index (χ1n) is 7.15. The predicted molar refractivity (Wildman–Crippen MR) is 70.6 cm³/mol. The van der Waals surface area contributed by atoms with Crippen molar-refractivity contribution < 1.29 is 50.0 Å². The third kappa shape index (κ3) is 3.65. The summed E-state index contributed by atoms with van der Waals surface area (Å²) in [6.07, 6.45) is -13.2. The highest BCUT2D eigenvalue weighted by molar-refractivity contribution is 4.93. The second-order valence-corrected chi connectivity index (χ2v) is 5.62. The number of rotatable bonds is 4. The SMILES string of the molecule is NC1C(CO)OC(OC2OC(CO)C(O)C(O)C2O)C(O)C1O. The van der Waals surface area contributed by atoms with Gasteiger partial charge in [0.1, 0.15) is 42.7 Å². The molecule has 11 nitrogen and oxygen atoms in total. The number of ether oxygens (including phenoxy) is 3. The Morgan fingerprint density at radius 3 is 1.70 bits per heavy atom. The Morgan fingerprint density at radius 2 is 1.17 bits per heavy atom. The molecule has 0 amide bonds. The van der Waals surface area contributed by atoms with E-state index < -0.39 is 74.6 Å². The molecule has 11 heteroatoms. The van der Waals surface area contributed by atoms with Gasteiger partial charge in [0, 0.05) is 0 Å². The summed E-state index contributed by atoms with van der Waals surface area (Å²) in [5.41, 5.74) is 5.59. The molecule has 2 rings (SSSR count). The molecular weight excluding hydrogens is 318 g/mol. The lowest BCUT2D eigenvalue weighted by atomic mass is 9.97. The number of aliphatic hydroxyl groups is 7. The van der Waals surface area contributed by atoms with Crippen LogP contribution >= 0.6 is 0 Å². The molecule has 2 aliphatic rings. The van der Waals surface area contributed by atoms with Crippen LogP contribution in [0.15, 0.2) is 0 Å². The summed E-state index contributed by atoms with van der Waals surface area (Å²) in [7, 11) is 0. The molecular formula is C12H23NO10. The minimum atomic E-state index is -1.69. The summed E-state index contributed by atoms with van der Waals surface area (Å²) in [5.74, 6) is 0. The quantitative estimate of drug-likeness (QED) is 0.243. The topological polar surface area (TPSA) is 195 Å². The summed E-state index contributed by atoms with van der Waals surface area (Å²) >= 11 is 0. The van der Waals surface area contributed by atoms with E-state index in [0.717, 1.165) is 0 Å². The first kappa shape index (κ1) is 18.9. The lowest BCUT2D eigenvalue weighted by Crippen LogP contribution is -2.65. The highest BCUT2D eigenvalue weighted by Crippen LogP contribution is 2.27. The maximum absolute atomic E-state index is 9.92. The number of hydrogen-bond acceptors (Lipinski definition) is 11. The molecule has 0 aromatic rings. The average molecular weight is 341 g/mol. The molecule has 0 bridgehead atoms. The van der Waals surface area contributed by atoms with Gasteiger partial charge in [-0.3, -0.25) is 0 Å². The van der Waals surface area contributed by atoms with Crippen molar-refractivity contribution in [1.82, 2.24) is 0 Å². The van der Waals surface area contributed by atoms with Crippen LogP contribution in [0.2, 0.25) is 0 Å².